The Kier molecular flexibility index (Phi) is 3.41. The summed E-state index contributed by atoms with van der Waals surface area (Å²) in [6.45, 7) is 7.93. The molecule has 15 heavy (non-hydrogen) atoms. The molecule has 1 unspecified atom stereocenters. The van der Waals surface area contributed by atoms with Crippen LogP contribution in [0.1, 0.15) is 33.1 Å². The van der Waals surface area contributed by atoms with Gasteiger partial charge in [-0.15, -0.1) is 0 Å². The minimum absolute atomic E-state index is 0.351. The number of ketones is 1. The molecule has 1 saturated carbocycles. The molecule has 0 aromatic carbocycles. The zero-order chi connectivity index (χ0) is 10.9. The van der Waals surface area contributed by atoms with Crippen LogP contribution in [0.3, 0.4) is 0 Å². The minimum atomic E-state index is 0.351. The molecule has 1 atom stereocenters. The van der Waals surface area contributed by atoms with Gasteiger partial charge in [0.1, 0.15) is 5.78 Å². The minimum Gasteiger partial charge on any atom is -0.300 e. The third-order valence-corrected chi connectivity index (χ3v) is 4.71. The lowest BCUT2D eigenvalue weighted by Gasteiger charge is -2.38. The quantitative estimate of drug-likeness (QED) is 0.721. The summed E-state index contributed by atoms with van der Waals surface area (Å²) in [5.74, 6) is 2.07. The summed E-state index contributed by atoms with van der Waals surface area (Å²) in [5, 5.41) is 0. The van der Waals surface area contributed by atoms with Gasteiger partial charge < -0.3 is 4.90 Å². The Morgan fingerprint density at radius 3 is 2.93 bits per heavy atom. The summed E-state index contributed by atoms with van der Waals surface area (Å²) in [7, 11) is 0. The number of carbonyl (C=O) groups is 1. The summed E-state index contributed by atoms with van der Waals surface area (Å²) >= 11 is 2.06. The highest BCUT2D eigenvalue weighted by atomic mass is 32.2. The molecule has 3 heteroatoms. The summed E-state index contributed by atoms with van der Waals surface area (Å²) in [4.78, 5) is 14.1. The molecule has 2 aliphatic rings. The number of hydrogen-bond donors (Lipinski definition) is 0. The van der Waals surface area contributed by atoms with Crippen molar-refractivity contribution in [3.05, 3.63) is 0 Å². The van der Waals surface area contributed by atoms with Crippen molar-refractivity contribution in [3.63, 3.8) is 0 Å². The van der Waals surface area contributed by atoms with Gasteiger partial charge in [-0.05, 0) is 26.7 Å². The summed E-state index contributed by atoms with van der Waals surface area (Å²) in [6, 6.07) is 0. The fourth-order valence-corrected chi connectivity index (χ4v) is 3.84. The van der Waals surface area contributed by atoms with Crippen molar-refractivity contribution in [2.24, 2.45) is 5.92 Å². The standard InChI is InChI=1S/C12H21NOS/c1-12(2)9-13(6-7-15-12)8-10-4-3-5-11(10)14/h10H,3-9H2,1-2H3. The van der Waals surface area contributed by atoms with Gasteiger partial charge in [0.15, 0.2) is 0 Å². The van der Waals surface area contributed by atoms with Crippen molar-refractivity contribution in [1.29, 1.82) is 0 Å². The monoisotopic (exact) mass is 227 g/mol. The van der Waals surface area contributed by atoms with E-state index in [1.54, 1.807) is 0 Å². The first-order valence-corrected chi connectivity index (χ1v) is 6.94. The highest BCUT2D eigenvalue weighted by Crippen LogP contribution is 2.31. The van der Waals surface area contributed by atoms with Crippen molar-refractivity contribution in [3.8, 4) is 0 Å². The number of rotatable bonds is 2. The molecule has 2 rings (SSSR count). The zero-order valence-corrected chi connectivity index (χ0v) is 10.6. The van der Waals surface area contributed by atoms with Crippen molar-refractivity contribution in [1.82, 2.24) is 4.90 Å². The predicted octanol–water partition coefficient (Wildman–Crippen LogP) is 2.18. The number of thioether (sulfide) groups is 1. The Morgan fingerprint density at radius 1 is 1.53 bits per heavy atom. The van der Waals surface area contributed by atoms with Crippen LogP contribution in [-0.2, 0) is 4.79 Å². The van der Waals surface area contributed by atoms with Gasteiger partial charge in [0.2, 0.25) is 0 Å². The normalized spacial score (nSPS) is 32.1. The Balaban J connectivity index is 1.86. The molecule has 86 valence electrons. The fourth-order valence-electron chi connectivity index (χ4n) is 2.66. The molecule has 2 nitrogen and oxygen atoms in total. The Labute approximate surface area is 96.8 Å². The molecule has 1 aliphatic carbocycles. The van der Waals surface area contributed by atoms with E-state index in [0.29, 0.717) is 16.4 Å². The molecule has 0 spiro atoms. The van der Waals surface area contributed by atoms with Crippen LogP contribution in [0, 0.1) is 5.92 Å². The molecule has 0 radical (unpaired) electrons. The molecule has 1 aliphatic heterocycles. The molecule has 0 bridgehead atoms. The van der Waals surface area contributed by atoms with E-state index in [1.807, 2.05) is 0 Å². The van der Waals surface area contributed by atoms with Crippen LogP contribution in [0.15, 0.2) is 0 Å². The number of hydrogen-bond acceptors (Lipinski definition) is 3. The molecule has 1 heterocycles. The second kappa shape index (κ2) is 4.46. The van der Waals surface area contributed by atoms with E-state index < -0.39 is 0 Å². The van der Waals surface area contributed by atoms with Crippen LogP contribution in [0.2, 0.25) is 0 Å². The van der Waals surface area contributed by atoms with Gasteiger partial charge in [0.25, 0.3) is 0 Å². The molecule has 0 N–H and O–H groups in total. The molecular weight excluding hydrogens is 206 g/mol. The van der Waals surface area contributed by atoms with E-state index in [2.05, 4.69) is 30.5 Å². The summed E-state index contributed by atoms with van der Waals surface area (Å²) in [5.41, 5.74) is 0. The molecule has 0 aromatic heterocycles. The van der Waals surface area contributed by atoms with Crippen LogP contribution >= 0.6 is 11.8 Å². The maximum Gasteiger partial charge on any atom is 0.137 e. The molecule has 2 fully saturated rings. The van der Waals surface area contributed by atoms with Gasteiger partial charge in [-0.3, -0.25) is 4.79 Å². The maximum absolute atomic E-state index is 11.6. The topological polar surface area (TPSA) is 20.3 Å². The summed E-state index contributed by atoms with van der Waals surface area (Å²) in [6.07, 6.45) is 3.08. The van der Waals surface area contributed by atoms with Crippen LogP contribution in [0.5, 0.6) is 0 Å². The average Bonchev–Trinajstić information content (AvgIpc) is 2.50. The smallest absolute Gasteiger partial charge is 0.137 e. The largest absolute Gasteiger partial charge is 0.300 e. The molecule has 0 amide bonds. The first-order valence-electron chi connectivity index (χ1n) is 5.96. The van der Waals surface area contributed by atoms with Crippen LogP contribution in [0.4, 0.5) is 0 Å². The van der Waals surface area contributed by atoms with E-state index in [1.165, 1.54) is 5.75 Å². The lowest BCUT2D eigenvalue weighted by molar-refractivity contribution is -0.121. The highest BCUT2D eigenvalue weighted by molar-refractivity contribution is 8.00. The average molecular weight is 227 g/mol. The first kappa shape index (κ1) is 11.5. The third-order valence-electron chi connectivity index (χ3n) is 3.41. The number of carbonyl (C=O) groups excluding carboxylic acids is 1. The van der Waals surface area contributed by atoms with Gasteiger partial charge in [-0.2, -0.15) is 11.8 Å². The van der Waals surface area contributed by atoms with Crippen LogP contribution in [-0.4, -0.2) is 40.8 Å². The second-order valence-electron chi connectivity index (χ2n) is 5.40. The lowest BCUT2D eigenvalue weighted by Crippen LogP contribution is -2.45. The molecule has 1 saturated heterocycles. The van der Waals surface area contributed by atoms with E-state index >= 15 is 0 Å². The lowest BCUT2D eigenvalue weighted by atomic mass is 10.1. The van der Waals surface area contributed by atoms with Gasteiger partial charge in [0, 0.05) is 42.5 Å². The van der Waals surface area contributed by atoms with Gasteiger partial charge in [0.05, 0.1) is 0 Å². The van der Waals surface area contributed by atoms with Crippen molar-refractivity contribution in [2.45, 2.75) is 37.9 Å². The van der Waals surface area contributed by atoms with Crippen molar-refractivity contribution >= 4 is 17.5 Å². The Morgan fingerprint density at radius 2 is 2.33 bits per heavy atom. The fraction of sp³-hybridized carbons (Fsp3) is 0.917. The molecular formula is C12H21NOS. The van der Waals surface area contributed by atoms with Crippen LogP contribution in [0.25, 0.3) is 0 Å². The highest BCUT2D eigenvalue weighted by Gasteiger charge is 2.31. The number of Topliss-reactive ketones (excluding diaryl/α,β-unsaturated/α-hetero) is 1. The van der Waals surface area contributed by atoms with Gasteiger partial charge in [-0.1, -0.05) is 0 Å². The summed E-state index contributed by atoms with van der Waals surface area (Å²) < 4.78 is 0.375. The predicted molar refractivity (Wildman–Crippen MR) is 65.3 cm³/mol. The first-order chi connectivity index (χ1) is 7.07. The van der Waals surface area contributed by atoms with E-state index in [-0.39, 0.29) is 0 Å². The number of nitrogens with zero attached hydrogens (tertiary/aromatic N) is 1. The van der Waals surface area contributed by atoms with Gasteiger partial charge in [-0.25, -0.2) is 0 Å². The van der Waals surface area contributed by atoms with Crippen molar-refractivity contribution < 1.29 is 4.79 Å². The second-order valence-corrected chi connectivity index (χ2v) is 7.20. The van der Waals surface area contributed by atoms with E-state index in [9.17, 15) is 4.79 Å². The van der Waals surface area contributed by atoms with Crippen LogP contribution < -0.4 is 0 Å². The Hall–Kier alpha value is -0.0200. The van der Waals surface area contributed by atoms with Gasteiger partial charge >= 0.3 is 0 Å². The maximum atomic E-state index is 11.6. The van der Waals surface area contributed by atoms with E-state index in [0.717, 1.165) is 38.9 Å². The Bertz CT molecular complexity index is 252. The van der Waals surface area contributed by atoms with Crippen molar-refractivity contribution in [2.75, 3.05) is 25.4 Å². The zero-order valence-electron chi connectivity index (χ0n) is 9.79. The third kappa shape index (κ3) is 2.97. The SMILES string of the molecule is CC1(C)CN(CC2CCCC2=O)CCS1. The van der Waals surface area contributed by atoms with E-state index in [4.69, 9.17) is 0 Å². The molecule has 0 aromatic rings.